The van der Waals surface area contributed by atoms with Crippen LogP contribution in [-0.2, 0) is 11.8 Å². The minimum absolute atomic E-state index is 0.320. The summed E-state index contributed by atoms with van der Waals surface area (Å²) in [5.74, 6) is 2.29. The van der Waals surface area contributed by atoms with Crippen LogP contribution in [-0.4, -0.2) is 64.4 Å². The Kier molecular flexibility index (Phi) is 7.51. The second-order valence-electron chi connectivity index (χ2n) is 8.38. The average Bonchev–Trinajstić information content (AvgIpc) is 3.17. The molecule has 0 atom stereocenters. The van der Waals surface area contributed by atoms with Crippen molar-refractivity contribution in [1.82, 2.24) is 30.3 Å². The van der Waals surface area contributed by atoms with Gasteiger partial charge in [0, 0.05) is 37.4 Å². The SMILES string of the molecule is CNCCCOc1cccc(-c2nc(NC3CCOCC3)c(C)c(-c3c(C)nnn3C)n2)c1. The molecule has 9 nitrogen and oxygen atoms in total. The minimum Gasteiger partial charge on any atom is -0.494 e. The van der Waals surface area contributed by atoms with Crippen molar-refractivity contribution in [3.63, 3.8) is 0 Å². The quantitative estimate of drug-likeness (QED) is 0.479. The van der Waals surface area contributed by atoms with Crippen LogP contribution in [0.1, 0.15) is 30.5 Å². The molecule has 0 bridgehead atoms. The Morgan fingerprint density at radius 1 is 1.18 bits per heavy atom. The maximum absolute atomic E-state index is 5.94. The molecular weight excluding hydrogens is 418 g/mol. The maximum Gasteiger partial charge on any atom is 0.162 e. The van der Waals surface area contributed by atoms with Gasteiger partial charge in [-0.2, -0.15) is 0 Å². The van der Waals surface area contributed by atoms with Gasteiger partial charge in [0.05, 0.1) is 18.0 Å². The monoisotopic (exact) mass is 451 g/mol. The van der Waals surface area contributed by atoms with Crippen molar-refractivity contribution in [2.45, 2.75) is 39.2 Å². The number of aryl methyl sites for hydroxylation is 2. The van der Waals surface area contributed by atoms with Gasteiger partial charge in [-0.3, -0.25) is 0 Å². The molecule has 0 radical (unpaired) electrons. The lowest BCUT2D eigenvalue weighted by molar-refractivity contribution is 0.0904. The molecule has 176 valence electrons. The van der Waals surface area contributed by atoms with Crippen molar-refractivity contribution in [3.8, 4) is 28.5 Å². The Hall–Kier alpha value is -3.04. The van der Waals surface area contributed by atoms with Gasteiger partial charge in [-0.05, 0) is 58.8 Å². The zero-order valence-electron chi connectivity index (χ0n) is 19.9. The van der Waals surface area contributed by atoms with Crippen molar-refractivity contribution >= 4 is 5.82 Å². The molecule has 0 saturated carbocycles. The minimum atomic E-state index is 0.320. The number of nitrogens with zero attached hydrogens (tertiary/aromatic N) is 5. The first kappa shape index (κ1) is 23.1. The van der Waals surface area contributed by atoms with E-state index in [1.807, 2.05) is 45.3 Å². The predicted molar refractivity (Wildman–Crippen MR) is 128 cm³/mol. The molecule has 33 heavy (non-hydrogen) atoms. The summed E-state index contributed by atoms with van der Waals surface area (Å²) in [6.07, 6.45) is 2.85. The summed E-state index contributed by atoms with van der Waals surface area (Å²) in [5.41, 5.74) is 4.46. The zero-order chi connectivity index (χ0) is 23.2. The normalized spacial score (nSPS) is 14.4. The molecule has 2 N–H and O–H groups in total. The van der Waals surface area contributed by atoms with E-state index in [2.05, 4.69) is 27.9 Å². The third-order valence-electron chi connectivity index (χ3n) is 5.86. The van der Waals surface area contributed by atoms with E-state index < -0.39 is 0 Å². The number of rotatable bonds is 9. The van der Waals surface area contributed by atoms with Crippen LogP contribution in [0.2, 0.25) is 0 Å². The van der Waals surface area contributed by atoms with E-state index in [-0.39, 0.29) is 0 Å². The molecule has 0 amide bonds. The molecule has 4 rings (SSSR count). The second-order valence-corrected chi connectivity index (χ2v) is 8.38. The lowest BCUT2D eigenvalue weighted by Gasteiger charge is -2.25. The predicted octanol–water partition coefficient (Wildman–Crippen LogP) is 3.14. The van der Waals surface area contributed by atoms with Crippen molar-refractivity contribution < 1.29 is 9.47 Å². The number of ether oxygens (including phenoxy) is 2. The lowest BCUT2D eigenvalue weighted by Crippen LogP contribution is -2.28. The highest BCUT2D eigenvalue weighted by molar-refractivity contribution is 5.71. The zero-order valence-corrected chi connectivity index (χ0v) is 19.9. The molecule has 0 spiro atoms. The summed E-state index contributed by atoms with van der Waals surface area (Å²) in [6.45, 7) is 7.10. The molecule has 3 aromatic rings. The summed E-state index contributed by atoms with van der Waals surface area (Å²) >= 11 is 0. The van der Waals surface area contributed by atoms with Crippen LogP contribution in [0.4, 0.5) is 5.82 Å². The Bertz CT molecular complexity index is 1060. The number of benzene rings is 1. The molecule has 1 saturated heterocycles. The molecule has 2 aromatic heterocycles. The van der Waals surface area contributed by atoms with Crippen LogP contribution in [0, 0.1) is 13.8 Å². The van der Waals surface area contributed by atoms with Gasteiger partial charge < -0.3 is 20.1 Å². The number of nitrogens with one attached hydrogen (secondary N) is 2. The van der Waals surface area contributed by atoms with E-state index >= 15 is 0 Å². The third kappa shape index (κ3) is 5.48. The van der Waals surface area contributed by atoms with Crippen molar-refractivity contribution in [2.75, 3.05) is 38.7 Å². The highest BCUT2D eigenvalue weighted by Gasteiger charge is 2.22. The van der Waals surface area contributed by atoms with E-state index in [0.29, 0.717) is 18.5 Å². The molecule has 1 aromatic carbocycles. The molecule has 1 aliphatic heterocycles. The van der Waals surface area contributed by atoms with Gasteiger partial charge in [0.25, 0.3) is 0 Å². The van der Waals surface area contributed by atoms with Crippen LogP contribution < -0.4 is 15.4 Å². The fourth-order valence-electron chi connectivity index (χ4n) is 4.00. The van der Waals surface area contributed by atoms with Crippen LogP contribution in [0.25, 0.3) is 22.8 Å². The molecule has 3 heterocycles. The summed E-state index contributed by atoms with van der Waals surface area (Å²) < 4.78 is 13.2. The van der Waals surface area contributed by atoms with Crippen LogP contribution in [0.15, 0.2) is 24.3 Å². The summed E-state index contributed by atoms with van der Waals surface area (Å²) in [5, 5.41) is 15.2. The Morgan fingerprint density at radius 2 is 2.00 bits per heavy atom. The summed E-state index contributed by atoms with van der Waals surface area (Å²) in [4.78, 5) is 9.91. The lowest BCUT2D eigenvalue weighted by atomic mass is 10.1. The fraction of sp³-hybridized carbons (Fsp3) is 0.500. The number of aromatic nitrogens is 5. The van der Waals surface area contributed by atoms with E-state index in [1.165, 1.54) is 0 Å². The first-order valence-corrected chi connectivity index (χ1v) is 11.5. The van der Waals surface area contributed by atoms with Gasteiger partial charge in [0.2, 0.25) is 0 Å². The molecule has 1 fully saturated rings. The van der Waals surface area contributed by atoms with Gasteiger partial charge in [-0.25, -0.2) is 14.6 Å². The van der Waals surface area contributed by atoms with Crippen molar-refractivity contribution in [3.05, 3.63) is 35.5 Å². The Labute approximate surface area is 194 Å². The third-order valence-corrected chi connectivity index (χ3v) is 5.86. The molecule has 1 aliphatic rings. The van der Waals surface area contributed by atoms with Crippen LogP contribution >= 0.6 is 0 Å². The number of anilines is 1. The highest BCUT2D eigenvalue weighted by atomic mass is 16.5. The van der Waals surface area contributed by atoms with Gasteiger partial charge in [-0.1, -0.05) is 17.3 Å². The molecule has 0 unspecified atom stereocenters. The summed E-state index contributed by atoms with van der Waals surface area (Å²) in [6, 6.07) is 8.28. The van der Waals surface area contributed by atoms with E-state index in [9.17, 15) is 0 Å². The smallest absolute Gasteiger partial charge is 0.162 e. The topological polar surface area (TPSA) is 99.0 Å². The van der Waals surface area contributed by atoms with Crippen molar-refractivity contribution in [1.29, 1.82) is 0 Å². The summed E-state index contributed by atoms with van der Waals surface area (Å²) in [7, 11) is 3.83. The molecular formula is C24H33N7O2. The molecule has 0 aliphatic carbocycles. The van der Waals surface area contributed by atoms with E-state index in [1.54, 1.807) is 4.68 Å². The Morgan fingerprint density at radius 3 is 2.73 bits per heavy atom. The van der Waals surface area contributed by atoms with Gasteiger partial charge >= 0.3 is 0 Å². The average molecular weight is 452 g/mol. The maximum atomic E-state index is 5.94. The first-order valence-electron chi connectivity index (χ1n) is 11.5. The first-order chi connectivity index (χ1) is 16.1. The largest absolute Gasteiger partial charge is 0.494 e. The number of hydrogen-bond acceptors (Lipinski definition) is 8. The standard InChI is InChI=1S/C24H33N7O2/c1-16-21(22-17(2)29-30-31(22)4)27-24(28-23(16)26-19-9-13-32-14-10-19)18-7-5-8-20(15-18)33-12-6-11-25-3/h5,7-8,15,19,25H,6,9-14H2,1-4H3,(H,26,27,28). The van der Waals surface area contributed by atoms with E-state index in [0.717, 1.165) is 78.8 Å². The van der Waals surface area contributed by atoms with Gasteiger partial charge in [-0.15, -0.1) is 5.10 Å². The number of hydrogen-bond donors (Lipinski definition) is 2. The fourth-order valence-corrected chi connectivity index (χ4v) is 4.00. The second kappa shape index (κ2) is 10.7. The molecule has 9 heteroatoms. The van der Waals surface area contributed by atoms with Crippen LogP contribution in [0.5, 0.6) is 5.75 Å². The van der Waals surface area contributed by atoms with E-state index in [4.69, 9.17) is 19.4 Å². The Balaban J connectivity index is 1.71. The van der Waals surface area contributed by atoms with Gasteiger partial charge in [0.1, 0.15) is 17.3 Å². The highest BCUT2D eigenvalue weighted by Crippen LogP contribution is 2.32. The van der Waals surface area contributed by atoms with Crippen molar-refractivity contribution in [2.24, 2.45) is 7.05 Å². The van der Waals surface area contributed by atoms with Crippen LogP contribution in [0.3, 0.4) is 0 Å². The van der Waals surface area contributed by atoms with Gasteiger partial charge in [0.15, 0.2) is 5.82 Å².